The molecule has 2 amide bonds. The van der Waals surface area contributed by atoms with E-state index in [1.54, 1.807) is 6.07 Å². The first-order valence-corrected chi connectivity index (χ1v) is 8.98. The van der Waals surface area contributed by atoms with Gasteiger partial charge in [0, 0.05) is 24.8 Å². The van der Waals surface area contributed by atoms with Crippen LogP contribution in [0.15, 0.2) is 42.5 Å². The average Bonchev–Trinajstić information content (AvgIpc) is 2.68. The first-order valence-electron chi connectivity index (χ1n) is 8.60. The second-order valence-corrected chi connectivity index (χ2v) is 6.56. The lowest BCUT2D eigenvalue weighted by molar-refractivity contribution is 0.250. The molecule has 1 fully saturated rings. The summed E-state index contributed by atoms with van der Waals surface area (Å²) in [6, 6.07) is 14.8. The predicted octanol–water partition coefficient (Wildman–Crippen LogP) is 3.79. The van der Waals surface area contributed by atoms with Crippen LogP contribution in [-0.2, 0) is 0 Å². The largest absolute Gasteiger partial charge is 0.352 e. The molecule has 0 aliphatic carbocycles. The summed E-state index contributed by atoms with van der Waals surface area (Å²) in [4.78, 5) is 18.6. The molecule has 1 aromatic carbocycles. The summed E-state index contributed by atoms with van der Waals surface area (Å²) < 4.78 is 0. The van der Waals surface area contributed by atoms with Gasteiger partial charge < -0.3 is 15.5 Å². The van der Waals surface area contributed by atoms with E-state index in [1.807, 2.05) is 42.5 Å². The lowest BCUT2D eigenvalue weighted by atomic mass is 10.0. The van der Waals surface area contributed by atoms with Crippen LogP contribution in [0.3, 0.4) is 0 Å². The molecule has 1 aliphatic heterocycles. The smallest absolute Gasteiger partial charge is 0.319 e. The van der Waals surface area contributed by atoms with E-state index in [-0.39, 0.29) is 17.8 Å². The van der Waals surface area contributed by atoms with Crippen molar-refractivity contribution in [3.05, 3.63) is 53.2 Å². The third-order valence-corrected chi connectivity index (χ3v) is 4.69. The second-order valence-electron chi connectivity index (χ2n) is 6.16. The number of aromatic nitrogens is 1. The van der Waals surface area contributed by atoms with Gasteiger partial charge in [-0.1, -0.05) is 29.8 Å². The number of pyridine rings is 1. The molecular formula is C19H20ClN5O. The fourth-order valence-electron chi connectivity index (χ4n) is 3.09. The van der Waals surface area contributed by atoms with Crippen LogP contribution in [0.4, 0.5) is 16.3 Å². The van der Waals surface area contributed by atoms with E-state index in [9.17, 15) is 4.79 Å². The number of nitrogens with one attached hydrogen (secondary N) is 2. The monoisotopic (exact) mass is 369 g/mol. The molecule has 134 valence electrons. The van der Waals surface area contributed by atoms with Crippen molar-refractivity contribution in [1.29, 1.82) is 5.26 Å². The summed E-state index contributed by atoms with van der Waals surface area (Å²) in [5.41, 5.74) is 0.979. The Morgan fingerprint density at radius 3 is 2.85 bits per heavy atom. The molecule has 0 radical (unpaired) electrons. The first kappa shape index (κ1) is 18.0. The number of amides is 2. The van der Waals surface area contributed by atoms with Gasteiger partial charge in [-0.2, -0.15) is 5.26 Å². The minimum atomic E-state index is -0.233. The molecule has 2 N–H and O–H groups in total. The molecule has 1 saturated heterocycles. The summed E-state index contributed by atoms with van der Waals surface area (Å²) in [6.45, 7) is 1.34. The normalized spacial score (nSPS) is 16.6. The van der Waals surface area contributed by atoms with Gasteiger partial charge in [-0.25, -0.2) is 9.78 Å². The van der Waals surface area contributed by atoms with E-state index in [0.717, 1.165) is 37.3 Å². The van der Waals surface area contributed by atoms with E-state index in [1.165, 1.54) is 0 Å². The fourth-order valence-corrected chi connectivity index (χ4v) is 3.24. The van der Waals surface area contributed by atoms with Crippen LogP contribution in [0.2, 0.25) is 5.02 Å². The summed E-state index contributed by atoms with van der Waals surface area (Å²) in [6.07, 6.45) is 3.11. The van der Waals surface area contributed by atoms with Crippen LogP contribution < -0.4 is 15.5 Å². The minimum absolute atomic E-state index is 0.130. The van der Waals surface area contributed by atoms with Gasteiger partial charge in [-0.3, -0.25) is 0 Å². The number of nitriles is 1. The van der Waals surface area contributed by atoms with Gasteiger partial charge in [-0.05, 0) is 43.5 Å². The molecule has 0 bridgehead atoms. The molecule has 0 saturated carbocycles. The summed E-state index contributed by atoms with van der Waals surface area (Å²) >= 11 is 5.98. The van der Waals surface area contributed by atoms with Gasteiger partial charge in [0.2, 0.25) is 0 Å². The highest BCUT2D eigenvalue weighted by atomic mass is 35.5. The third kappa shape index (κ3) is 4.44. The Hall–Kier alpha value is -2.78. The van der Waals surface area contributed by atoms with Crippen molar-refractivity contribution in [2.45, 2.75) is 25.3 Å². The van der Waals surface area contributed by atoms with Crippen molar-refractivity contribution in [2.75, 3.05) is 23.3 Å². The lowest BCUT2D eigenvalue weighted by Crippen LogP contribution is -2.48. The number of urea groups is 1. The fraction of sp³-hybridized carbons (Fsp3) is 0.316. The standard InChI is InChI=1S/C19H20ClN5O/c20-16-9-10-18(24-17(16)12-21)25-11-5-4-8-15(25)13-22-19(26)23-14-6-2-1-3-7-14/h1-3,6-7,9-10,15H,4-5,8,11,13H2,(H2,22,23,26). The molecule has 0 spiro atoms. The Bertz CT molecular complexity index is 805. The van der Waals surface area contributed by atoms with Crippen LogP contribution >= 0.6 is 11.6 Å². The molecule has 1 atom stereocenters. The van der Waals surface area contributed by atoms with Crippen LogP contribution in [0.25, 0.3) is 0 Å². The van der Waals surface area contributed by atoms with Crippen molar-refractivity contribution < 1.29 is 4.79 Å². The number of hydrogen-bond donors (Lipinski definition) is 2. The van der Waals surface area contributed by atoms with Crippen LogP contribution in [0.1, 0.15) is 25.0 Å². The Kier molecular flexibility index (Phi) is 5.92. The molecule has 1 aromatic heterocycles. The van der Waals surface area contributed by atoms with Gasteiger partial charge in [0.25, 0.3) is 0 Å². The lowest BCUT2D eigenvalue weighted by Gasteiger charge is -2.36. The molecule has 7 heteroatoms. The topological polar surface area (TPSA) is 81.1 Å². The zero-order chi connectivity index (χ0) is 18.4. The number of carbonyl (C=O) groups excluding carboxylic acids is 1. The zero-order valence-corrected chi connectivity index (χ0v) is 15.0. The van der Waals surface area contributed by atoms with E-state index < -0.39 is 0 Å². The van der Waals surface area contributed by atoms with Gasteiger partial charge in [-0.15, -0.1) is 0 Å². The summed E-state index contributed by atoms with van der Waals surface area (Å²) in [7, 11) is 0. The van der Waals surface area contributed by atoms with E-state index >= 15 is 0 Å². The zero-order valence-electron chi connectivity index (χ0n) is 14.3. The molecule has 1 aliphatic rings. The maximum Gasteiger partial charge on any atom is 0.319 e. The van der Waals surface area contributed by atoms with E-state index in [4.69, 9.17) is 16.9 Å². The van der Waals surface area contributed by atoms with E-state index in [2.05, 4.69) is 20.5 Å². The highest BCUT2D eigenvalue weighted by Crippen LogP contribution is 2.25. The Balaban J connectivity index is 1.64. The number of para-hydroxylation sites is 1. The maximum atomic E-state index is 12.1. The Morgan fingerprint density at radius 1 is 1.27 bits per heavy atom. The number of carbonyl (C=O) groups is 1. The van der Waals surface area contributed by atoms with Crippen molar-refractivity contribution >= 4 is 29.1 Å². The van der Waals surface area contributed by atoms with Crippen molar-refractivity contribution in [2.24, 2.45) is 0 Å². The number of hydrogen-bond acceptors (Lipinski definition) is 4. The number of rotatable bonds is 4. The molecule has 3 rings (SSSR count). The molecule has 1 unspecified atom stereocenters. The molecule has 2 heterocycles. The SMILES string of the molecule is N#Cc1nc(N2CCCCC2CNC(=O)Nc2ccccc2)ccc1Cl. The van der Waals surface area contributed by atoms with Gasteiger partial charge in [0.15, 0.2) is 5.69 Å². The summed E-state index contributed by atoms with van der Waals surface area (Å²) in [5, 5.41) is 15.2. The average molecular weight is 370 g/mol. The van der Waals surface area contributed by atoms with Crippen LogP contribution in [0.5, 0.6) is 0 Å². The van der Waals surface area contributed by atoms with Gasteiger partial charge in [0.05, 0.1) is 5.02 Å². The molecular weight excluding hydrogens is 350 g/mol. The molecule has 26 heavy (non-hydrogen) atoms. The number of halogens is 1. The number of anilines is 2. The van der Waals surface area contributed by atoms with Crippen molar-refractivity contribution in [3.8, 4) is 6.07 Å². The maximum absolute atomic E-state index is 12.1. The quantitative estimate of drug-likeness (QED) is 0.859. The van der Waals surface area contributed by atoms with Gasteiger partial charge in [0.1, 0.15) is 11.9 Å². The molecule has 6 nitrogen and oxygen atoms in total. The highest BCUT2D eigenvalue weighted by Gasteiger charge is 2.24. The number of benzene rings is 1. The Morgan fingerprint density at radius 2 is 2.08 bits per heavy atom. The van der Waals surface area contributed by atoms with Gasteiger partial charge >= 0.3 is 6.03 Å². The van der Waals surface area contributed by atoms with E-state index in [0.29, 0.717) is 11.6 Å². The summed E-state index contributed by atoms with van der Waals surface area (Å²) in [5.74, 6) is 0.723. The third-order valence-electron chi connectivity index (χ3n) is 4.39. The second kappa shape index (κ2) is 8.54. The number of nitrogens with zero attached hydrogens (tertiary/aromatic N) is 3. The Labute approximate surface area is 157 Å². The van der Waals surface area contributed by atoms with Crippen LogP contribution in [0, 0.1) is 11.3 Å². The minimum Gasteiger partial charge on any atom is -0.352 e. The highest BCUT2D eigenvalue weighted by molar-refractivity contribution is 6.31. The molecule has 2 aromatic rings. The predicted molar refractivity (Wildman–Crippen MR) is 102 cm³/mol. The first-order chi connectivity index (χ1) is 12.7. The van der Waals surface area contributed by atoms with Crippen molar-refractivity contribution in [1.82, 2.24) is 10.3 Å². The number of piperidine rings is 1. The van der Waals surface area contributed by atoms with Crippen molar-refractivity contribution in [3.63, 3.8) is 0 Å². The van der Waals surface area contributed by atoms with Crippen LogP contribution in [-0.4, -0.2) is 30.1 Å².